The van der Waals surface area contributed by atoms with E-state index in [0.717, 1.165) is 5.56 Å². The largest absolute Gasteiger partial charge is 0.328 e. The molecule has 1 aromatic carbocycles. The van der Waals surface area contributed by atoms with Gasteiger partial charge in [0.1, 0.15) is 5.38 Å². The van der Waals surface area contributed by atoms with Gasteiger partial charge in [0, 0.05) is 12.7 Å². The normalized spacial score (nSPS) is 11.8. The van der Waals surface area contributed by atoms with Crippen molar-refractivity contribution in [2.24, 2.45) is 0 Å². The molecule has 0 radical (unpaired) electrons. The summed E-state index contributed by atoms with van der Waals surface area (Å²) in [6.45, 7) is 3.47. The van der Waals surface area contributed by atoms with Crippen molar-refractivity contribution < 1.29 is 9.59 Å². The summed E-state index contributed by atoms with van der Waals surface area (Å²) in [5, 5.41) is 1.48. The van der Waals surface area contributed by atoms with Crippen LogP contribution in [0, 0.1) is 6.92 Å². The van der Waals surface area contributed by atoms with Gasteiger partial charge in [0.15, 0.2) is 0 Å². The van der Waals surface area contributed by atoms with Crippen LogP contribution in [0.3, 0.4) is 0 Å². The lowest BCUT2D eigenvalue weighted by Gasteiger charge is -2.18. The maximum absolute atomic E-state index is 11.7. The summed E-state index contributed by atoms with van der Waals surface area (Å²) in [6.07, 6.45) is 0. The SMILES string of the molecule is Cc1ccc(N(C)C(=O)NC(=O)C(C)Cl)cc1. The van der Waals surface area contributed by atoms with Crippen molar-refractivity contribution in [3.05, 3.63) is 29.8 Å². The van der Waals surface area contributed by atoms with E-state index in [2.05, 4.69) is 5.32 Å². The highest BCUT2D eigenvalue weighted by Gasteiger charge is 2.16. The van der Waals surface area contributed by atoms with Crippen LogP contribution >= 0.6 is 11.6 Å². The van der Waals surface area contributed by atoms with Gasteiger partial charge < -0.3 is 0 Å². The van der Waals surface area contributed by atoms with E-state index < -0.39 is 17.3 Å². The van der Waals surface area contributed by atoms with Crippen molar-refractivity contribution in [3.8, 4) is 0 Å². The number of hydrogen-bond donors (Lipinski definition) is 1. The van der Waals surface area contributed by atoms with E-state index in [-0.39, 0.29) is 0 Å². The molecule has 1 aromatic rings. The fourth-order valence-electron chi connectivity index (χ4n) is 1.17. The smallest absolute Gasteiger partial charge is 0.297 e. The van der Waals surface area contributed by atoms with Gasteiger partial charge in [-0.15, -0.1) is 11.6 Å². The first kappa shape index (κ1) is 13.5. The average molecular weight is 255 g/mol. The van der Waals surface area contributed by atoms with Gasteiger partial charge in [0.2, 0.25) is 5.91 Å². The Hall–Kier alpha value is -1.55. The summed E-state index contributed by atoms with van der Waals surface area (Å²) in [5.41, 5.74) is 1.82. The second-order valence-corrected chi connectivity index (χ2v) is 4.46. The number of carbonyl (C=O) groups is 2. The van der Waals surface area contributed by atoms with Gasteiger partial charge in [-0.2, -0.15) is 0 Å². The number of imide groups is 1. The Kier molecular flexibility index (Phi) is 4.52. The Morgan fingerprint density at radius 1 is 1.29 bits per heavy atom. The molecule has 0 spiro atoms. The molecule has 4 nitrogen and oxygen atoms in total. The van der Waals surface area contributed by atoms with Crippen LogP contribution in [0.15, 0.2) is 24.3 Å². The molecular formula is C12H15ClN2O2. The molecule has 0 saturated heterocycles. The monoisotopic (exact) mass is 254 g/mol. The van der Waals surface area contributed by atoms with E-state index in [1.165, 1.54) is 11.8 Å². The molecule has 0 saturated carbocycles. The number of carbonyl (C=O) groups excluding carboxylic acids is 2. The van der Waals surface area contributed by atoms with Crippen LogP contribution in [0.25, 0.3) is 0 Å². The number of amides is 3. The number of anilines is 1. The van der Waals surface area contributed by atoms with Gasteiger partial charge in [0.05, 0.1) is 0 Å². The van der Waals surface area contributed by atoms with Crippen LogP contribution in [0.5, 0.6) is 0 Å². The van der Waals surface area contributed by atoms with E-state index >= 15 is 0 Å². The summed E-state index contributed by atoms with van der Waals surface area (Å²) in [6, 6.07) is 6.91. The second kappa shape index (κ2) is 5.68. The molecular weight excluding hydrogens is 240 g/mol. The number of benzene rings is 1. The number of aryl methyl sites for hydroxylation is 1. The minimum Gasteiger partial charge on any atom is -0.297 e. The van der Waals surface area contributed by atoms with Crippen LogP contribution in [-0.2, 0) is 4.79 Å². The minimum atomic E-state index is -0.731. The highest BCUT2D eigenvalue weighted by Crippen LogP contribution is 2.13. The number of nitrogens with zero attached hydrogens (tertiary/aromatic N) is 1. The number of nitrogens with one attached hydrogen (secondary N) is 1. The van der Waals surface area contributed by atoms with Gasteiger partial charge in [-0.1, -0.05) is 17.7 Å². The third-order valence-electron chi connectivity index (χ3n) is 2.32. The molecule has 0 aromatic heterocycles. The van der Waals surface area contributed by atoms with Gasteiger partial charge in [-0.3, -0.25) is 15.0 Å². The van der Waals surface area contributed by atoms with E-state index in [9.17, 15) is 9.59 Å². The van der Waals surface area contributed by atoms with E-state index in [1.54, 1.807) is 7.05 Å². The summed E-state index contributed by atoms with van der Waals surface area (Å²) in [4.78, 5) is 24.3. The van der Waals surface area contributed by atoms with Crippen molar-refractivity contribution in [2.75, 3.05) is 11.9 Å². The summed E-state index contributed by atoms with van der Waals surface area (Å²) in [7, 11) is 1.59. The predicted molar refractivity (Wildman–Crippen MR) is 68.4 cm³/mol. The zero-order valence-corrected chi connectivity index (χ0v) is 10.8. The number of halogens is 1. The van der Waals surface area contributed by atoms with E-state index in [4.69, 9.17) is 11.6 Å². The lowest BCUT2D eigenvalue weighted by molar-refractivity contribution is -0.119. The minimum absolute atomic E-state index is 0.494. The van der Waals surface area contributed by atoms with Crippen molar-refractivity contribution >= 4 is 29.2 Å². The van der Waals surface area contributed by atoms with E-state index in [1.807, 2.05) is 31.2 Å². The third-order valence-corrected chi connectivity index (χ3v) is 2.52. The highest BCUT2D eigenvalue weighted by atomic mass is 35.5. The van der Waals surface area contributed by atoms with Gasteiger partial charge in [-0.25, -0.2) is 4.79 Å². The molecule has 92 valence electrons. The Labute approximate surface area is 106 Å². The van der Waals surface area contributed by atoms with Gasteiger partial charge in [0.25, 0.3) is 0 Å². The first-order valence-electron chi connectivity index (χ1n) is 5.21. The lowest BCUT2D eigenvalue weighted by Crippen LogP contribution is -2.43. The molecule has 5 heteroatoms. The Morgan fingerprint density at radius 2 is 1.82 bits per heavy atom. The molecule has 1 N–H and O–H groups in total. The summed E-state index contributed by atoms with van der Waals surface area (Å²) < 4.78 is 0. The first-order valence-corrected chi connectivity index (χ1v) is 5.64. The van der Waals surface area contributed by atoms with Crippen molar-refractivity contribution in [1.29, 1.82) is 0 Å². The zero-order chi connectivity index (χ0) is 13.0. The van der Waals surface area contributed by atoms with Crippen LogP contribution in [0.1, 0.15) is 12.5 Å². The molecule has 0 heterocycles. The molecule has 1 unspecified atom stereocenters. The standard InChI is InChI=1S/C12H15ClN2O2/c1-8-4-6-10(7-5-8)15(3)12(17)14-11(16)9(2)13/h4-7,9H,1-3H3,(H,14,16,17). The Bertz CT molecular complexity index is 415. The predicted octanol–water partition coefficient (Wildman–Crippen LogP) is 2.29. The molecule has 17 heavy (non-hydrogen) atoms. The number of rotatable bonds is 2. The van der Waals surface area contributed by atoms with Crippen molar-refractivity contribution in [3.63, 3.8) is 0 Å². The zero-order valence-electron chi connectivity index (χ0n) is 10.0. The molecule has 0 fully saturated rings. The Morgan fingerprint density at radius 3 is 2.29 bits per heavy atom. The molecule has 3 amide bonds. The first-order chi connectivity index (χ1) is 7.91. The van der Waals surface area contributed by atoms with Crippen molar-refractivity contribution in [2.45, 2.75) is 19.2 Å². The average Bonchev–Trinajstić information content (AvgIpc) is 2.28. The molecule has 0 bridgehead atoms. The summed E-state index contributed by atoms with van der Waals surface area (Å²) >= 11 is 5.56. The quantitative estimate of drug-likeness (QED) is 0.824. The maximum atomic E-state index is 11.7. The molecule has 1 atom stereocenters. The summed E-state index contributed by atoms with van der Waals surface area (Å²) in [5.74, 6) is -0.504. The lowest BCUT2D eigenvalue weighted by atomic mass is 10.2. The van der Waals surface area contributed by atoms with Crippen LogP contribution in [0.2, 0.25) is 0 Å². The van der Waals surface area contributed by atoms with Gasteiger partial charge in [-0.05, 0) is 26.0 Å². The Balaban J connectivity index is 2.70. The maximum Gasteiger partial charge on any atom is 0.328 e. The van der Waals surface area contributed by atoms with Gasteiger partial charge >= 0.3 is 6.03 Å². The fraction of sp³-hybridized carbons (Fsp3) is 0.333. The van der Waals surface area contributed by atoms with Crippen LogP contribution in [0.4, 0.5) is 10.5 Å². The number of hydrogen-bond acceptors (Lipinski definition) is 2. The second-order valence-electron chi connectivity index (χ2n) is 3.80. The van der Waals surface area contributed by atoms with Crippen LogP contribution in [-0.4, -0.2) is 24.4 Å². The molecule has 0 aliphatic rings. The number of urea groups is 1. The van der Waals surface area contributed by atoms with Crippen molar-refractivity contribution in [1.82, 2.24) is 5.32 Å². The number of alkyl halides is 1. The van der Waals surface area contributed by atoms with E-state index in [0.29, 0.717) is 5.69 Å². The third kappa shape index (κ3) is 3.75. The highest BCUT2D eigenvalue weighted by molar-refractivity contribution is 6.31. The fourth-order valence-corrected chi connectivity index (χ4v) is 1.23. The topological polar surface area (TPSA) is 49.4 Å². The molecule has 0 aliphatic heterocycles. The van der Waals surface area contributed by atoms with Crippen LogP contribution < -0.4 is 10.2 Å². The molecule has 0 aliphatic carbocycles. The molecule has 1 rings (SSSR count).